The summed E-state index contributed by atoms with van der Waals surface area (Å²) < 4.78 is 19.4. The van der Waals surface area contributed by atoms with Crippen LogP contribution in [0.3, 0.4) is 0 Å². The molecule has 0 bridgehead atoms. The average molecular weight is 822 g/mol. The molecular formula is C43H55N9O6Si. The minimum absolute atomic E-state index is 0.212. The van der Waals surface area contributed by atoms with Crippen LogP contribution in [-0.2, 0) is 27.5 Å². The summed E-state index contributed by atoms with van der Waals surface area (Å²) in [5.74, 6) is 1.91. The van der Waals surface area contributed by atoms with Gasteiger partial charge in [0.25, 0.3) is 0 Å². The van der Waals surface area contributed by atoms with Crippen LogP contribution in [0.15, 0.2) is 73.3 Å². The summed E-state index contributed by atoms with van der Waals surface area (Å²) in [4.78, 5) is 64.1. The van der Waals surface area contributed by atoms with E-state index in [1.54, 1.807) is 21.9 Å². The number of hydrogen-bond acceptors (Lipinski definition) is 10. The first-order chi connectivity index (χ1) is 28.2. The maximum atomic E-state index is 13.9. The Kier molecular flexibility index (Phi) is 12.4. The van der Waals surface area contributed by atoms with Gasteiger partial charge in [0.2, 0.25) is 5.78 Å². The van der Waals surface area contributed by atoms with Gasteiger partial charge in [-0.3, -0.25) is 14.6 Å². The number of anilines is 2. The lowest BCUT2D eigenvalue weighted by Crippen LogP contribution is -2.37. The van der Waals surface area contributed by atoms with Crippen LogP contribution >= 0.6 is 0 Å². The van der Waals surface area contributed by atoms with Gasteiger partial charge in [0.1, 0.15) is 42.1 Å². The Morgan fingerprint density at radius 2 is 1.61 bits per heavy atom. The highest BCUT2D eigenvalue weighted by atomic mass is 28.3. The Balaban J connectivity index is 1.03. The first-order valence-electron chi connectivity index (χ1n) is 20.3. The van der Waals surface area contributed by atoms with Crippen LogP contribution < -0.4 is 5.32 Å². The largest absolute Gasteiger partial charge is 0.445 e. The standard InChI is InChI=1S/C43H55N9O6Si/c1-43(2,3)58-42(55)52-21-11-15-34(52)40-49-35(25-50(40)28-56-22-23-59(4,5)6)48-39-36(45-27-46-39)37(53)31-18-16-30(17-19-31)32-24-44-38(47-32)33-14-10-20-51(33)41(54)57-26-29-12-8-7-9-13-29/h7-9,12-13,16-19,24-25,27,33-34,48H,10-11,14-15,20-23,26,28H2,1-6H3,(H,44,47)(H,45,46)/t33-,34-/m0/s1. The first kappa shape index (κ1) is 41.4. The number of nitrogens with one attached hydrogen (secondary N) is 3. The molecule has 3 aromatic heterocycles. The van der Waals surface area contributed by atoms with Crippen LogP contribution in [0.25, 0.3) is 11.3 Å². The number of carbonyl (C=O) groups is 3. The predicted molar refractivity (Wildman–Crippen MR) is 226 cm³/mol. The molecule has 5 aromatic rings. The van der Waals surface area contributed by atoms with Gasteiger partial charge in [0.05, 0.1) is 30.3 Å². The lowest BCUT2D eigenvalue weighted by molar-refractivity contribution is 0.0204. The van der Waals surface area contributed by atoms with E-state index >= 15 is 0 Å². The molecule has 3 N–H and O–H groups in total. The smallest absolute Gasteiger partial charge is 0.410 e. The molecule has 5 heterocycles. The van der Waals surface area contributed by atoms with Gasteiger partial charge in [-0.1, -0.05) is 74.2 Å². The van der Waals surface area contributed by atoms with Gasteiger partial charge in [-0.05, 0) is 58.1 Å². The van der Waals surface area contributed by atoms with Crippen LogP contribution in [0.5, 0.6) is 0 Å². The topological polar surface area (TPSA) is 173 Å². The van der Waals surface area contributed by atoms with Crippen molar-refractivity contribution in [2.45, 2.75) is 103 Å². The zero-order valence-corrected chi connectivity index (χ0v) is 35.8. The summed E-state index contributed by atoms with van der Waals surface area (Å²) in [6, 6.07) is 17.3. The van der Waals surface area contributed by atoms with Crippen molar-refractivity contribution in [3.8, 4) is 11.3 Å². The maximum Gasteiger partial charge on any atom is 0.410 e. The SMILES string of the molecule is CC(C)(C)OC(=O)N1CCC[C@H]1c1nc(Nc2nc[nH]c2C(=O)c2ccc(-c3c[nH]c([C@@H]4CCCN4C(=O)OCc4ccccc4)n3)cc2)cn1COCC[Si](C)(C)C. The minimum atomic E-state index is -1.30. The van der Waals surface area contributed by atoms with Crippen LogP contribution in [0.1, 0.15) is 91.8 Å². The molecule has 16 heteroatoms. The molecule has 0 saturated carbocycles. The van der Waals surface area contributed by atoms with E-state index in [0.717, 1.165) is 42.9 Å². The number of carbonyl (C=O) groups excluding carboxylic acids is 3. The fourth-order valence-electron chi connectivity index (χ4n) is 7.32. The summed E-state index contributed by atoms with van der Waals surface area (Å²) in [6.07, 6.45) is 7.57. The minimum Gasteiger partial charge on any atom is -0.445 e. The van der Waals surface area contributed by atoms with Crippen molar-refractivity contribution in [2.24, 2.45) is 0 Å². The molecule has 0 aliphatic carbocycles. The first-order valence-corrected chi connectivity index (χ1v) is 24.1. The molecule has 59 heavy (non-hydrogen) atoms. The van der Waals surface area contributed by atoms with Crippen molar-refractivity contribution in [3.63, 3.8) is 0 Å². The van der Waals surface area contributed by atoms with E-state index in [1.807, 2.05) is 80.2 Å². The third kappa shape index (κ3) is 10.3. The highest BCUT2D eigenvalue weighted by Gasteiger charge is 2.37. The third-order valence-corrected chi connectivity index (χ3v) is 12.1. The number of rotatable bonds is 14. The fourth-order valence-corrected chi connectivity index (χ4v) is 8.08. The zero-order chi connectivity index (χ0) is 41.7. The molecule has 15 nitrogen and oxygen atoms in total. The monoisotopic (exact) mass is 821 g/mol. The molecule has 2 amide bonds. The summed E-state index contributed by atoms with van der Waals surface area (Å²) in [5.41, 5.74) is 2.57. The number of ether oxygens (including phenoxy) is 3. The van der Waals surface area contributed by atoms with Gasteiger partial charge in [-0.15, -0.1) is 0 Å². The summed E-state index contributed by atoms with van der Waals surface area (Å²) in [7, 11) is -1.30. The molecule has 2 saturated heterocycles. The van der Waals surface area contributed by atoms with Crippen molar-refractivity contribution >= 4 is 37.7 Å². The summed E-state index contributed by atoms with van der Waals surface area (Å²) >= 11 is 0. The van der Waals surface area contributed by atoms with Gasteiger partial charge in [-0.2, -0.15) is 0 Å². The van der Waals surface area contributed by atoms with E-state index in [4.69, 9.17) is 24.2 Å². The quantitative estimate of drug-likeness (QED) is 0.0558. The number of amides is 2. The molecule has 0 unspecified atom stereocenters. The predicted octanol–water partition coefficient (Wildman–Crippen LogP) is 8.83. The molecule has 0 radical (unpaired) electrons. The van der Waals surface area contributed by atoms with Crippen LogP contribution in [0.2, 0.25) is 25.7 Å². The van der Waals surface area contributed by atoms with Gasteiger partial charge in [-0.25, -0.2) is 24.5 Å². The Bertz CT molecular complexity index is 2220. The van der Waals surface area contributed by atoms with Gasteiger partial charge in [0.15, 0.2) is 5.82 Å². The lowest BCUT2D eigenvalue weighted by atomic mass is 10.0. The molecule has 7 rings (SSSR count). The van der Waals surface area contributed by atoms with Crippen molar-refractivity contribution in [2.75, 3.05) is 25.0 Å². The normalized spacial score (nSPS) is 17.1. The molecule has 2 fully saturated rings. The van der Waals surface area contributed by atoms with Crippen molar-refractivity contribution in [1.82, 2.24) is 39.3 Å². The van der Waals surface area contributed by atoms with Crippen molar-refractivity contribution in [1.29, 1.82) is 0 Å². The molecule has 2 aromatic carbocycles. The Hall–Kier alpha value is -5.74. The van der Waals surface area contributed by atoms with Crippen LogP contribution in [0.4, 0.5) is 21.2 Å². The maximum absolute atomic E-state index is 13.9. The highest BCUT2D eigenvalue weighted by Crippen LogP contribution is 2.35. The molecule has 0 spiro atoms. The molecule has 312 valence electrons. The molecule has 2 aliphatic heterocycles. The van der Waals surface area contributed by atoms with E-state index in [1.165, 1.54) is 6.33 Å². The van der Waals surface area contributed by atoms with E-state index < -0.39 is 13.7 Å². The summed E-state index contributed by atoms with van der Waals surface area (Å²) in [6.45, 7) is 14.8. The second-order valence-corrected chi connectivity index (χ2v) is 23.0. The number of nitrogens with zero attached hydrogens (tertiary/aromatic N) is 6. The Labute approximate surface area is 345 Å². The number of likely N-dealkylation sites (tertiary alicyclic amines) is 2. The number of hydrogen-bond donors (Lipinski definition) is 3. The number of aromatic amines is 2. The van der Waals surface area contributed by atoms with E-state index in [2.05, 4.69) is 39.9 Å². The second kappa shape index (κ2) is 17.6. The van der Waals surface area contributed by atoms with Gasteiger partial charge in [0, 0.05) is 45.1 Å². The Morgan fingerprint density at radius 1 is 0.898 bits per heavy atom. The van der Waals surface area contributed by atoms with Gasteiger partial charge < -0.3 is 34.1 Å². The van der Waals surface area contributed by atoms with Crippen LogP contribution in [0, 0.1) is 0 Å². The number of imidazole rings is 3. The molecular weight excluding hydrogens is 767 g/mol. The van der Waals surface area contributed by atoms with E-state index in [-0.39, 0.29) is 49.1 Å². The van der Waals surface area contributed by atoms with E-state index in [9.17, 15) is 14.4 Å². The number of H-pyrrole nitrogens is 2. The lowest BCUT2D eigenvalue weighted by Gasteiger charge is -2.28. The van der Waals surface area contributed by atoms with Gasteiger partial charge >= 0.3 is 12.2 Å². The number of benzene rings is 2. The zero-order valence-electron chi connectivity index (χ0n) is 34.8. The van der Waals surface area contributed by atoms with Crippen molar-refractivity contribution < 1.29 is 28.6 Å². The number of ketones is 1. The van der Waals surface area contributed by atoms with Crippen LogP contribution in [-0.4, -0.2) is 90.6 Å². The van der Waals surface area contributed by atoms with Crippen molar-refractivity contribution in [3.05, 3.63) is 102 Å². The third-order valence-electron chi connectivity index (χ3n) is 10.4. The number of aromatic nitrogens is 6. The van der Waals surface area contributed by atoms with E-state index in [0.29, 0.717) is 54.2 Å². The molecule has 2 atom stereocenters. The highest BCUT2D eigenvalue weighted by molar-refractivity contribution is 6.76. The fraction of sp³-hybridized carbons (Fsp3) is 0.442. The molecule has 2 aliphatic rings. The average Bonchev–Trinajstić information content (AvgIpc) is 4.05. The summed E-state index contributed by atoms with van der Waals surface area (Å²) in [5, 5.41) is 3.25. The second-order valence-electron chi connectivity index (χ2n) is 17.4. The Morgan fingerprint density at radius 3 is 2.32 bits per heavy atom.